The molecule has 1 fully saturated rings. The van der Waals surface area contributed by atoms with E-state index in [1.165, 1.54) is 34.9 Å². The van der Waals surface area contributed by atoms with Crippen LogP contribution in [-0.2, 0) is 11.3 Å². The van der Waals surface area contributed by atoms with E-state index in [1.54, 1.807) is 6.07 Å². The molecule has 7 heteroatoms. The summed E-state index contributed by atoms with van der Waals surface area (Å²) in [6, 6.07) is 9.13. The van der Waals surface area contributed by atoms with Gasteiger partial charge in [-0.05, 0) is 18.2 Å². The summed E-state index contributed by atoms with van der Waals surface area (Å²) in [7, 11) is 0. The molecule has 124 valence electrons. The Balaban J connectivity index is 1.69. The monoisotopic (exact) mass is 349 g/mol. The zero-order valence-corrected chi connectivity index (χ0v) is 13.3. The van der Waals surface area contributed by atoms with Crippen molar-refractivity contribution in [3.8, 4) is 11.5 Å². The Hall–Kier alpha value is -2.28. The van der Waals surface area contributed by atoms with Crippen LogP contribution in [0.25, 0.3) is 0 Å². The number of halogens is 2. The Morgan fingerprint density at radius 3 is 2.67 bits per heavy atom. The van der Waals surface area contributed by atoms with Gasteiger partial charge in [0.15, 0.2) is 11.5 Å². The Morgan fingerprint density at radius 1 is 1.12 bits per heavy atom. The van der Waals surface area contributed by atoms with Crippen LogP contribution in [0.3, 0.4) is 0 Å². The topological polar surface area (TPSA) is 38.8 Å². The SMILES string of the molecule is O=C1CSC(c2cccc3c2OCO3)N1Cc1c(F)cccc1F. The first kappa shape index (κ1) is 15.3. The fraction of sp³-hybridized carbons (Fsp3) is 0.235. The molecule has 2 aliphatic rings. The molecule has 0 spiro atoms. The average molecular weight is 349 g/mol. The lowest BCUT2D eigenvalue weighted by Crippen LogP contribution is -2.28. The molecule has 1 unspecified atom stereocenters. The number of nitrogens with zero attached hydrogens (tertiary/aromatic N) is 1. The average Bonchev–Trinajstić information content (AvgIpc) is 3.18. The smallest absolute Gasteiger partial charge is 0.234 e. The van der Waals surface area contributed by atoms with Gasteiger partial charge in [0.2, 0.25) is 12.7 Å². The number of hydrogen-bond donors (Lipinski definition) is 0. The maximum absolute atomic E-state index is 14.0. The Labute approximate surface area is 141 Å². The first-order valence-corrected chi connectivity index (χ1v) is 8.42. The standard InChI is InChI=1S/C17H13F2NO3S/c18-12-4-2-5-13(19)11(12)7-20-15(21)8-24-17(20)10-3-1-6-14-16(10)23-9-22-14/h1-6,17H,7-9H2. The summed E-state index contributed by atoms with van der Waals surface area (Å²) in [6.07, 6.45) is 0. The molecule has 1 atom stereocenters. The molecular weight excluding hydrogens is 336 g/mol. The molecule has 2 aromatic rings. The van der Waals surface area contributed by atoms with E-state index >= 15 is 0 Å². The molecule has 0 radical (unpaired) electrons. The molecule has 2 heterocycles. The summed E-state index contributed by atoms with van der Waals surface area (Å²) in [5.74, 6) is -0.0179. The van der Waals surface area contributed by atoms with Crippen molar-refractivity contribution in [3.05, 3.63) is 59.2 Å². The van der Waals surface area contributed by atoms with Crippen molar-refractivity contribution in [1.82, 2.24) is 4.90 Å². The molecule has 0 aliphatic carbocycles. The zero-order valence-electron chi connectivity index (χ0n) is 12.5. The number of fused-ring (bicyclic) bond motifs is 1. The van der Waals surface area contributed by atoms with Crippen LogP contribution >= 0.6 is 11.8 Å². The van der Waals surface area contributed by atoms with E-state index in [9.17, 15) is 13.6 Å². The summed E-state index contributed by atoms with van der Waals surface area (Å²) in [4.78, 5) is 13.7. The molecule has 1 saturated heterocycles. The summed E-state index contributed by atoms with van der Waals surface area (Å²) >= 11 is 1.40. The maximum atomic E-state index is 14.0. The highest BCUT2D eigenvalue weighted by atomic mass is 32.2. The Kier molecular flexibility index (Phi) is 3.80. The van der Waals surface area contributed by atoms with Gasteiger partial charge < -0.3 is 14.4 Å². The lowest BCUT2D eigenvalue weighted by molar-refractivity contribution is -0.128. The van der Waals surface area contributed by atoms with Crippen LogP contribution in [0.15, 0.2) is 36.4 Å². The fourth-order valence-electron chi connectivity index (χ4n) is 2.88. The number of ether oxygens (including phenoxy) is 2. The first-order chi connectivity index (χ1) is 11.6. The van der Waals surface area contributed by atoms with Crippen LogP contribution in [0.2, 0.25) is 0 Å². The highest BCUT2D eigenvalue weighted by Crippen LogP contribution is 2.47. The summed E-state index contributed by atoms with van der Waals surface area (Å²) < 4.78 is 38.8. The van der Waals surface area contributed by atoms with Gasteiger partial charge in [0, 0.05) is 11.1 Å². The van der Waals surface area contributed by atoms with Gasteiger partial charge in [0.05, 0.1) is 12.3 Å². The predicted octanol–water partition coefficient (Wildman–Crippen LogP) is 3.47. The second-order valence-electron chi connectivity index (χ2n) is 5.47. The number of carbonyl (C=O) groups excluding carboxylic acids is 1. The molecule has 2 aliphatic heterocycles. The van der Waals surface area contributed by atoms with E-state index in [4.69, 9.17) is 9.47 Å². The van der Waals surface area contributed by atoms with Crippen molar-refractivity contribution in [2.75, 3.05) is 12.5 Å². The van der Waals surface area contributed by atoms with Crippen LogP contribution in [0, 0.1) is 11.6 Å². The molecule has 0 bridgehead atoms. The summed E-state index contributed by atoms with van der Waals surface area (Å²) in [5, 5.41) is -0.367. The molecule has 4 nitrogen and oxygen atoms in total. The first-order valence-electron chi connectivity index (χ1n) is 7.37. The minimum absolute atomic E-state index is 0.108. The van der Waals surface area contributed by atoms with Crippen LogP contribution < -0.4 is 9.47 Å². The molecule has 2 aromatic carbocycles. The van der Waals surface area contributed by atoms with Crippen LogP contribution in [0.5, 0.6) is 11.5 Å². The highest BCUT2D eigenvalue weighted by Gasteiger charge is 2.37. The lowest BCUT2D eigenvalue weighted by Gasteiger charge is -2.25. The second kappa shape index (κ2) is 5.98. The van der Waals surface area contributed by atoms with Gasteiger partial charge in [0.1, 0.15) is 17.0 Å². The van der Waals surface area contributed by atoms with Crippen LogP contribution in [0.4, 0.5) is 8.78 Å². The van der Waals surface area contributed by atoms with Crippen LogP contribution in [-0.4, -0.2) is 23.4 Å². The van der Waals surface area contributed by atoms with Crippen molar-refractivity contribution in [2.24, 2.45) is 0 Å². The molecule has 1 amide bonds. The van der Waals surface area contributed by atoms with E-state index in [1.807, 2.05) is 12.1 Å². The number of carbonyl (C=O) groups is 1. The van der Waals surface area contributed by atoms with Crippen LogP contribution in [0.1, 0.15) is 16.5 Å². The van der Waals surface area contributed by atoms with Gasteiger partial charge in [-0.15, -0.1) is 11.8 Å². The van der Waals surface area contributed by atoms with Gasteiger partial charge in [-0.2, -0.15) is 0 Å². The molecule has 4 rings (SSSR count). The molecular formula is C17H13F2NO3S. The normalized spacial score (nSPS) is 19.2. The largest absolute Gasteiger partial charge is 0.454 e. The van der Waals surface area contributed by atoms with Crippen molar-refractivity contribution in [1.29, 1.82) is 0 Å². The maximum Gasteiger partial charge on any atom is 0.234 e. The van der Waals surface area contributed by atoms with Gasteiger partial charge in [-0.25, -0.2) is 8.78 Å². The minimum atomic E-state index is -0.656. The van der Waals surface area contributed by atoms with E-state index in [0.717, 1.165) is 5.56 Å². The summed E-state index contributed by atoms with van der Waals surface area (Å²) in [5.41, 5.74) is 0.667. The second-order valence-corrected chi connectivity index (χ2v) is 6.53. The van der Waals surface area contributed by atoms with E-state index in [2.05, 4.69) is 0 Å². The number of para-hydroxylation sites is 1. The third-order valence-corrected chi connectivity index (χ3v) is 5.29. The molecule has 24 heavy (non-hydrogen) atoms. The van der Waals surface area contributed by atoms with Crippen molar-refractivity contribution >= 4 is 17.7 Å². The molecule has 0 saturated carbocycles. The number of benzene rings is 2. The number of rotatable bonds is 3. The van der Waals surface area contributed by atoms with Gasteiger partial charge in [0.25, 0.3) is 0 Å². The summed E-state index contributed by atoms with van der Waals surface area (Å²) in [6.45, 7) is -0.000841. The van der Waals surface area contributed by atoms with E-state index in [0.29, 0.717) is 11.5 Å². The predicted molar refractivity (Wildman–Crippen MR) is 84.7 cm³/mol. The van der Waals surface area contributed by atoms with Gasteiger partial charge in [-0.1, -0.05) is 18.2 Å². The van der Waals surface area contributed by atoms with Crippen molar-refractivity contribution < 1.29 is 23.0 Å². The number of thioether (sulfide) groups is 1. The van der Waals surface area contributed by atoms with Crippen molar-refractivity contribution in [3.63, 3.8) is 0 Å². The Morgan fingerprint density at radius 2 is 1.88 bits per heavy atom. The lowest BCUT2D eigenvalue weighted by atomic mass is 10.1. The van der Waals surface area contributed by atoms with E-state index in [-0.39, 0.29) is 35.9 Å². The third-order valence-electron chi connectivity index (χ3n) is 4.05. The number of amides is 1. The minimum Gasteiger partial charge on any atom is -0.454 e. The van der Waals surface area contributed by atoms with Gasteiger partial charge in [-0.3, -0.25) is 4.79 Å². The highest BCUT2D eigenvalue weighted by molar-refractivity contribution is 8.00. The van der Waals surface area contributed by atoms with Gasteiger partial charge >= 0.3 is 0 Å². The van der Waals surface area contributed by atoms with E-state index < -0.39 is 11.6 Å². The van der Waals surface area contributed by atoms with Crippen molar-refractivity contribution in [2.45, 2.75) is 11.9 Å². The Bertz CT molecular complexity index is 794. The molecule has 0 N–H and O–H groups in total. The quantitative estimate of drug-likeness (QED) is 0.851. The third kappa shape index (κ3) is 2.49. The zero-order chi connectivity index (χ0) is 16.7. The molecule has 0 aromatic heterocycles. The fourth-order valence-corrected chi connectivity index (χ4v) is 4.09. The number of hydrogen-bond acceptors (Lipinski definition) is 4.